The molecule has 0 atom stereocenters. The molecule has 0 aliphatic heterocycles. The van der Waals surface area contributed by atoms with Gasteiger partial charge in [0, 0.05) is 6.07 Å². The van der Waals surface area contributed by atoms with Gasteiger partial charge in [-0.1, -0.05) is 17.7 Å². The summed E-state index contributed by atoms with van der Waals surface area (Å²) in [4.78, 5) is 8.97. The highest BCUT2D eigenvalue weighted by Crippen LogP contribution is 2.34. The summed E-state index contributed by atoms with van der Waals surface area (Å²) in [5.74, 6) is -0.433. The van der Waals surface area contributed by atoms with Gasteiger partial charge < -0.3 is 4.18 Å². The minimum absolute atomic E-state index is 0.328. The summed E-state index contributed by atoms with van der Waals surface area (Å²) in [5, 5.41) is 10.2. The molecule has 0 spiro atoms. The first-order chi connectivity index (χ1) is 11.0. The van der Waals surface area contributed by atoms with Crippen molar-refractivity contribution in [3.63, 3.8) is 0 Å². The van der Waals surface area contributed by atoms with Gasteiger partial charge in [0.05, 0.1) is 21.6 Å². The summed E-state index contributed by atoms with van der Waals surface area (Å²) in [6, 6.07) is 5.90. The van der Waals surface area contributed by atoms with Crippen LogP contribution >= 0.6 is 11.6 Å². The summed E-state index contributed by atoms with van der Waals surface area (Å²) in [7, 11) is -4.72. The molecule has 0 aromatic heterocycles. The van der Waals surface area contributed by atoms with E-state index in [-0.39, 0.29) is 0 Å². The Balaban J connectivity index is 2.44. The van der Waals surface area contributed by atoms with E-state index in [1.165, 1.54) is 0 Å². The lowest BCUT2D eigenvalue weighted by Gasteiger charge is -2.11. The molecule has 0 saturated heterocycles. The predicted molar refractivity (Wildman–Crippen MR) is 77.4 cm³/mol. The van der Waals surface area contributed by atoms with Gasteiger partial charge in [-0.05, 0) is 24.3 Å². The fraction of sp³-hybridized carbons (Fsp3) is 0.0769. The quantitative estimate of drug-likeness (QED) is 0.453. The molecule has 0 radical (unpaired) electrons. The maximum atomic E-state index is 12.7. The molecule has 128 valence electrons. The number of rotatable bonds is 4. The minimum Gasteiger partial charge on any atom is -0.379 e. The van der Waals surface area contributed by atoms with E-state index in [0.29, 0.717) is 12.1 Å². The van der Waals surface area contributed by atoms with Gasteiger partial charge in [0.15, 0.2) is 0 Å². The average Bonchev–Trinajstić information content (AvgIpc) is 2.46. The highest BCUT2D eigenvalue weighted by atomic mass is 35.5. The molecular weight excluding hydrogens is 375 g/mol. The van der Waals surface area contributed by atoms with Crippen molar-refractivity contribution < 1.29 is 30.7 Å². The van der Waals surface area contributed by atoms with Crippen molar-refractivity contribution in [1.82, 2.24) is 0 Å². The van der Waals surface area contributed by atoms with Crippen molar-refractivity contribution in [3.05, 3.63) is 63.2 Å². The summed E-state index contributed by atoms with van der Waals surface area (Å²) in [6.45, 7) is 0. The van der Waals surface area contributed by atoms with Crippen LogP contribution in [0.15, 0.2) is 47.4 Å². The summed E-state index contributed by atoms with van der Waals surface area (Å²) in [5.41, 5.74) is -1.68. The fourth-order valence-electron chi connectivity index (χ4n) is 1.69. The van der Waals surface area contributed by atoms with Crippen molar-refractivity contribution >= 4 is 27.4 Å². The third-order valence-electron chi connectivity index (χ3n) is 2.76. The zero-order chi connectivity index (χ0) is 18.1. The number of nitro benzene ring substituents is 1. The van der Waals surface area contributed by atoms with Crippen LogP contribution in [-0.4, -0.2) is 13.3 Å². The van der Waals surface area contributed by atoms with Crippen LogP contribution in [0, 0.1) is 10.1 Å². The monoisotopic (exact) mass is 381 g/mol. The Morgan fingerprint density at radius 1 is 1.12 bits per heavy atom. The van der Waals surface area contributed by atoms with E-state index in [0.717, 1.165) is 30.3 Å². The molecule has 0 N–H and O–H groups in total. The number of alkyl halides is 3. The van der Waals surface area contributed by atoms with Crippen LogP contribution in [0.1, 0.15) is 5.56 Å². The highest BCUT2D eigenvalue weighted by Gasteiger charge is 2.33. The van der Waals surface area contributed by atoms with Crippen LogP contribution in [0.5, 0.6) is 5.75 Å². The maximum Gasteiger partial charge on any atom is 0.416 e. The van der Waals surface area contributed by atoms with Crippen LogP contribution < -0.4 is 4.18 Å². The maximum absolute atomic E-state index is 12.7. The van der Waals surface area contributed by atoms with E-state index in [1.807, 2.05) is 0 Å². The van der Waals surface area contributed by atoms with Gasteiger partial charge in [-0.15, -0.1) is 0 Å². The first-order valence-corrected chi connectivity index (χ1v) is 7.85. The van der Waals surface area contributed by atoms with Crippen molar-refractivity contribution in [2.45, 2.75) is 11.1 Å². The van der Waals surface area contributed by atoms with E-state index >= 15 is 0 Å². The van der Waals surface area contributed by atoms with Crippen molar-refractivity contribution in [1.29, 1.82) is 0 Å². The third kappa shape index (κ3) is 3.95. The van der Waals surface area contributed by atoms with Gasteiger partial charge in [-0.25, -0.2) is 0 Å². The second-order valence-corrected chi connectivity index (χ2v) is 6.36. The molecule has 0 amide bonds. The molecule has 0 saturated carbocycles. The number of benzene rings is 2. The van der Waals surface area contributed by atoms with Gasteiger partial charge >= 0.3 is 16.3 Å². The number of nitrogens with zero attached hydrogens (tertiary/aromatic N) is 1. The molecule has 2 aromatic rings. The average molecular weight is 382 g/mol. The van der Waals surface area contributed by atoms with Crippen LogP contribution in [0.4, 0.5) is 18.9 Å². The molecule has 2 rings (SSSR count). The van der Waals surface area contributed by atoms with E-state index in [9.17, 15) is 31.7 Å². The molecule has 0 bridgehead atoms. The highest BCUT2D eigenvalue weighted by molar-refractivity contribution is 7.87. The molecule has 6 nitrogen and oxygen atoms in total. The lowest BCUT2D eigenvalue weighted by molar-refractivity contribution is -0.384. The molecular formula is C13H7ClF3NO5S. The Labute approximate surface area is 138 Å². The normalized spacial score (nSPS) is 12.0. The second-order valence-electron chi connectivity index (χ2n) is 4.43. The van der Waals surface area contributed by atoms with Gasteiger partial charge in [-0.3, -0.25) is 10.1 Å². The van der Waals surface area contributed by atoms with E-state index in [2.05, 4.69) is 4.18 Å². The van der Waals surface area contributed by atoms with Crippen molar-refractivity contribution in [2.24, 2.45) is 0 Å². The molecule has 11 heteroatoms. The first-order valence-electron chi connectivity index (χ1n) is 6.06. The molecule has 0 heterocycles. The number of non-ortho nitro benzene ring substituents is 1. The second kappa shape index (κ2) is 6.29. The summed E-state index contributed by atoms with van der Waals surface area (Å²) in [6.07, 6.45) is -4.78. The summed E-state index contributed by atoms with van der Waals surface area (Å²) < 4.78 is 67.0. The molecule has 0 aliphatic rings. The van der Waals surface area contributed by atoms with Crippen LogP contribution in [0.2, 0.25) is 5.02 Å². The van der Waals surface area contributed by atoms with Gasteiger partial charge in [0.25, 0.3) is 5.69 Å². The van der Waals surface area contributed by atoms with Crippen LogP contribution in [-0.2, 0) is 16.3 Å². The van der Waals surface area contributed by atoms with E-state index in [4.69, 9.17) is 11.6 Å². The van der Waals surface area contributed by atoms with E-state index in [1.54, 1.807) is 0 Å². The topological polar surface area (TPSA) is 86.5 Å². The Kier molecular flexibility index (Phi) is 4.72. The largest absolute Gasteiger partial charge is 0.416 e. The predicted octanol–water partition coefficient (Wildman–Crippen LogP) is 4.03. The van der Waals surface area contributed by atoms with Crippen molar-refractivity contribution in [2.75, 3.05) is 0 Å². The van der Waals surface area contributed by atoms with Crippen molar-refractivity contribution in [3.8, 4) is 5.75 Å². The Morgan fingerprint density at radius 2 is 1.79 bits per heavy atom. The van der Waals surface area contributed by atoms with Crippen LogP contribution in [0.3, 0.4) is 0 Å². The lowest BCUT2D eigenvalue weighted by Crippen LogP contribution is -2.13. The Hall–Kier alpha value is -2.33. The minimum atomic E-state index is -4.78. The molecule has 24 heavy (non-hydrogen) atoms. The molecule has 0 unspecified atom stereocenters. The van der Waals surface area contributed by atoms with Gasteiger partial charge in [-0.2, -0.15) is 21.6 Å². The van der Waals surface area contributed by atoms with Crippen LogP contribution in [0.25, 0.3) is 0 Å². The standard InChI is InChI=1S/C13H7ClF3NO5S/c14-11-5-4-8(13(15,16)17)6-12(11)24(21,22)23-10-3-1-2-9(7-10)18(19)20/h1-7H. The summed E-state index contributed by atoms with van der Waals surface area (Å²) >= 11 is 5.64. The zero-order valence-corrected chi connectivity index (χ0v) is 13.0. The zero-order valence-electron chi connectivity index (χ0n) is 11.5. The SMILES string of the molecule is O=[N+]([O-])c1cccc(OS(=O)(=O)c2cc(C(F)(F)F)ccc2Cl)c1. The fourth-order valence-corrected chi connectivity index (χ4v) is 3.12. The third-order valence-corrected chi connectivity index (χ3v) is 4.49. The Morgan fingerprint density at radius 3 is 2.38 bits per heavy atom. The number of nitro groups is 1. The number of hydrogen-bond acceptors (Lipinski definition) is 5. The smallest absolute Gasteiger partial charge is 0.379 e. The number of halogens is 4. The lowest BCUT2D eigenvalue weighted by atomic mass is 10.2. The Bertz CT molecular complexity index is 899. The molecule has 0 fully saturated rings. The molecule has 2 aromatic carbocycles. The van der Waals surface area contributed by atoms with Gasteiger partial charge in [0.2, 0.25) is 0 Å². The van der Waals surface area contributed by atoms with Gasteiger partial charge in [0.1, 0.15) is 10.6 Å². The number of hydrogen-bond donors (Lipinski definition) is 0. The first kappa shape index (κ1) is 18.0. The van der Waals surface area contributed by atoms with E-state index < -0.39 is 48.1 Å². The molecule has 0 aliphatic carbocycles.